The van der Waals surface area contributed by atoms with E-state index < -0.39 is 23.5 Å². The number of nitrogens with zero attached hydrogens (tertiary/aromatic N) is 2. The number of anilines is 1. The second-order valence-corrected chi connectivity index (χ2v) is 11.1. The molecule has 3 aliphatic rings. The van der Waals surface area contributed by atoms with Gasteiger partial charge in [0.2, 0.25) is 0 Å². The highest BCUT2D eigenvalue weighted by atomic mass is 32.2. The molecule has 1 atom stereocenters. The van der Waals surface area contributed by atoms with Gasteiger partial charge in [0, 0.05) is 29.4 Å². The standard InChI is InChI=1S/C29H30F3N2O2S/c30-24-11-10-21(18-26(24)32)19-33(27-9-5-4-8-25(27)31)29(35)36-28-20-34(14-12-22(28)13-15-34)16-17-37-23-6-2-1-3-7-23/h1-11,18,22,28H,12-17,19-20H2/q+1. The maximum atomic E-state index is 14.7. The van der Waals surface area contributed by atoms with Crippen molar-refractivity contribution in [2.75, 3.05) is 36.8 Å². The molecule has 1 unspecified atom stereocenters. The van der Waals surface area contributed by atoms with Gasteiger partial charge in [-0.2, -0.15) is 0 Å². The zero-order chi connectivity index (χ0) is 25.8. The minimum Gasteiger partial charge on any atom is -0.440 e. The van der Waals surface area contributed by atoms with Crippen LogP contribution in [0.5, 0.6) is 0 Å². The molecule has 3 aromatic carbocycles. The van der Waals surface area contributed by atoms with Crippen molar-refractivity contribution in [3.63, 3.8) is 0 Å². The number of rotatable bonds is 8. The Morgan fingerprint density at radius 1 is 0.919 bits per heavy atom. The lowest BCUT2D eigenvalue weighted by Crippen LogP contribution is -2.65. The first-order valence-corrected chi connectivity index (χ1v) is 13.6. The number of amides is 1. The van der Waals surface area contributed by atoms with Gasteiger partial charge >= 0.3 is 6.09 Å². The van der Waals surface area contributed by atoms with E-state index in [1.807, 2.05) is 30.0 Å². The molecular weight excluding hydrogens is 497 g/mol. The number of hydrogen-bond acceptors (Lipinski definition) is 3. The highest BCUT2D eigenvalue weighted by Gasteiger charge is 2.47. The average Bonchev–Trinajstić information content (AvgIpc) is 2.91. The SMILES string of the molecule is O=C(OC1C[N+]2(CCSc3ccccc3)CCC1CC2)N(Cc1ccc(F)c(F)c1)c1ccccc1F. The molecule has 0 radical (unpaired) electrons. The van der Waals surface area contributed by atoms with E-state index in [1.165, 1.54) is 34.1 Å². The third-order valence-electron chi connectivity index (χ3n) is 7.56. The van der Waals surface area contributed by atoms with E-state index >= 15 is 0 Å². The van der Waals surface area contributed by atoms with Gasteiger partial charge in [-0.1, -0.05) is 36.4 Å². The number of carbonyl (C=O) groups is 1. The van der Waals surface area contributed by atoms with Gasteiger partial charge in [-0.05, 0) is 42.0 Å². The number of fused-ring (bicyclic) bond motifs is 3. The average molecular weight is 528 g/mol. The Hall–Kier alpha value is -2.97. The number of halogens is 3. The summed E-state index contributed by atoms with van der Waals surface area (Å²) in [5.41, 5.74) is 0.385. The number of thioether (sulfide) groups is 1. The van der Waals surface area contributed by atoms with E-state index in [4.69, 9.17) is 4.74 Å². The Labute approximate surface area is 219 Å². The van der Waals surface area contributed by atoms with Gasteiger partial charge in [0.05, 0.1) is 31.9 Å². The molecule has 3 heterocycles. The molecular formula is C29H30F3N2O2S+. The van der Waals surface area contributed by atoms with Crippen LogP contribution >= 0.6 is 11.8 Å². The third-order valence-corrected chi connectivity index (χ3v) is 8.55. The summed E-state index contributed by atoms with van der Waals surface area (Å²) in [6.45, 7) is 3.73. The molecule has 0 saturated carbocycles. The van der Waals surface area contributed by atoms with E-state index in [9.17, 15) is 18.0 Å². The van der Waals surface area contributed by atoms with Crippen molar-refractivity contribution in [3.05, 3.63) is 95.8 Å². The Bertz CT molecular complexity index is 1230. The number of quaternary nitrogens is 1. The molecule has 0 aliphatic carbocycles. The van der Waals surface area contributed by atoms with Gasteiger partial charge in [-0.15, -0.1) is 11.8 Å². The highest BCUT2D eigenvalue weighted by molar-refractivity contribution is 7.99. The van der Waals surface area contributed by atoms with Gasteiger partial charge < -0.3 is 9.22 Å². The van der Waals surface area contributed by atoms with Crippen molar-refractivity contribution >= 4 is 23.5 Å². The van der Waals surface area contributed by atoms with E-state index in [-0.39, 0.29) is 24.3 Å². The molecule has 194 valence electrons. The van der Waals surface area contributed by atoms with Gasteiger partial charge in [-0.3, -0.25) is 4.90 Å². The summed E-state index contributed by atoms with van der Waals surface area (Å²) in [6.07, 6.45) is 1.02. The lowest BCUT2D eigenvalue weighted by molar-refractivity contribution is -0.943. The molecule has 3 aromatic rings. The summed E-state index contributed by atoms with van der Waals surface area (Å²) < 4.78 is 49.0. The number of benzene rings is 3. The van der Waals surface area contributed by atoms with Crippen molar-refractivity contribution < 1.29 is 27.2 Å². The van der Waals surface area contributed by atoms with Crippen LogP contribution in [0.15, 0.2) is 77.7 Å². The second kappa shape index (κ2) is 11.2. The minimum atomic E-state index is -1.02. The van der Waals surface area contributed by atoms with Gasteiger partial charge in [-0.25, -0.2) is 18.0 Å². The molecule has 3 saturated heterocycles. The van der Waals surface area contributed by atoms with Crippen LogP contribution in [-0.4, -0.2) is 48.6 Å². The van der Waals surface area contributed by atoms with E-state index in [0.717, 1.165) is 61.4 Å². The van der Waals surface area contributed by atoms with E-state index in [1.54, 1.807) is 6.07 Å². The lowest BCUT2D eigenvalue weighted by atomic mass is 9.83. The lowest BCUT2D eigenvalue weighted by Gasteiger charge is -2.52. The molecule has 37 heavy (non-hydrogen) atoms. The van der Waals surface area contributed by atoms with E-state index in [2.05, 4.69) is 12.1 Å². The number of hydrogen-bond donors (Lipinski definition) is 0. The van der Waals surface area contributed by atoms with Gasteiger partial charge in [0.15, 0.2) is 17.7 Å². The van der Waals surface area contributed by atoms with Crippen LogP contribution < -0.4 is 4.90 Å². The van der Waals surface area contributed by atoms with Crippen molar-refractivity contribution in [3.8, 4) is 0 Å². The monoisotopic (exact) mass is 527 g/mol. The van der Waals surface area contributed by atoms with Crippen LogP contribution in [0.25, 0.3) is 0 Å². The van der Waals surface area contributed by atoms with Gasteiger partial charge in [0.1, 0.15) is 12.4 Å². The predicted molar refractivity (Wildman–Crippen MR) is 139 cm³/mol. The normalized spacial score (nSPS) is 22.6. The summed E-state index contributed by atoms with van der Waals surface area (Å²) in [4.78, 5) is 15.9. The number of carbonyl (C=O) groups excluding carboxylic acids is 1. The second-order valence-electron chi connectivity index (χ2n) is 9.90. The van der Waals surface area contributed by atoms with Crippen molar-refractivity contribution in [1.82, 2.24) is 0 Å². The molecule has 3 fully saturated rings. The Morgan fingerprint density at radius 2 is 1.65 bits per heavy atom. The first-order valence-electron chi connectivity index (χ1n) is 12.6. The molecule has 8 heteroatoms. The van der Waals surface area contributed by atoms with Crippen LogP contribution in [0.1, 0.15) is 18.4 Å². The first-order chi connectivity index (χ1) is 17.9. The maximum Gasteiger partial charge on any atom is 0.415 e. The van der Waals surface area contributed by atoms with Crippen molar-refractivity contribution in [1.29, 1.82) is 0 Å². The first kappa shape index (κ1) is 25.7. The summed E-state index contributed by atoms with van der Waals surface area (Å²) in [5, 5.41) is 0. The van der Waals surface area contributed by atoms with Crippen LogP contribution in [0.3, 0.4) is 0 Å². The van der Waals surface area contributed by atoms with Gasteiger partial charge in [0.25, 0.3) is 0 Å². The Kier molecular flexibility index (Phi) is 7.76. The number of para-hydroxylation sites is 1. The molecule has 1 amide bonds. The van der Waals surface area contributed by atoms with Crippen LogP contribution in [0, 0.1) is 23.4 Å². The van der Waals surface area contributed by atoms with Crippen LogP contribution in [0.2, 0.25) is 0 Å². The number of ether oxygens (including phenoxy) is 1. The zero-order valence-corrected chi connectivity index (χ0v) is 21.3. The fourth-order valence-electron chi connectivity index (χ4n) is 5.48. The highest BCUT2D eigenvalue weighted by Crippen LogP contribution is 2.37. The Balaban J connectivity index is 1.29. The van der Waals surface area contributed by atoms with Crippen LogP contribution in [-0.2, 0) is 11.3 Å². The summed E-state index contributed by atoms with van der Waals surface area (Å²) in [7, 11) is 0. The molecule has 2 bridgehead atoms. The molecule has 0 aromatic heterocycles. The smallest absolute Gasteiger partial charge is 0.415 e. The number of piperidine rings is 3. The molecule has 0 spiro atoms. The fourth-order valence-corrected chi connectivity index (χ4v) is 6.54. The maximum absolute atomic E-state index is 14.7. The molecule has 3 aliphatic heterocycles. The summed E-state index contributed by atoms with van der Waals surface area (Å²) in [5.74, 6) is -1.33. The summed E-state index contributed by atoms with van der Waals surface area (Å²) in [6, 6.07) is 19.6. The summed E-state index contributed by atoms with van der Waals surface area (Å²) >= 11 is 1.84. The van der Waals surface area contributed by atoms with E-state index in [0.29, 0.717) is 5.56 Å². The van der Waals surface area contributed by atoms with Crippen molar-refractivity contribution in [2.24, 2.45) is 5.92 Å². The zero-order valence-electron chi connectivity index (χ0n) is 20.5. The molecule has 6 rings (SSSR count). The predicted octanol–water partition coefficient (Wildman–Crippen LogP) is 6.65. The Morgan fingerprint density at radius 3 is 2.38 bits per heavy atom. The largest absolute Gasteiger partial charge is 0.440 e. The third kappa shape index (κ3) is 5.96. The fraction of sp³-hybridized carbons (Fsp3) is 0.345. The quantitative estimate of drug-likeness (QED) is 0.243. The van der Waals surface area contributed by atoms with Crippen molar-refractivity contribution in [2.45, 2.75) is 30.4 Å². The minimum absolute atomic E-state index is 0.0432. The molecule has 4 nitrogen and oxygen atoms in total. The topological polar surface area (TPSA) is 29.5 Å². The molecule has 0 N–H and O–H groups in total. The van der Waals surface area contributed by atoms with Crippen LogP contribution in [0.4, 0.5) is 23.7 Å².